The van der Waals surface area contributed by atoms with Crippen LogP contribution < -0.4 is 0 Å². The summed E-state index contributed by atoms with van der Waals surface area (Å²) in [6.07, 6.45) is 4.83. The molecule has 0 bridgehead atoms. The Morgan fingerprint density at radius 1 is 1.00 bits per heavy atom. The molecule has 0 radical (unpaired) electrons. The first kappa shape index (κ1) is 18.3. The van der Waals surface area contributed by atoms with Crippen LogP contribution in [0.2, 0.25) is 0 Å². The fourth-order valence-corrected chi connectivity index (χ4v) is 3.44. The van der Waals surface area contributed by atoms with Crippen LogP contribution in [0.15, 0.2) is 48.5 Å². The lowest BCUT2D eigenvalue weighted by molar-refractivity contribution is 0.0678. The third-order valence-electron chi connectivity index (χ3n) is 5.10. The summed E-state index contributed by atoms with van der Waals surface area (Å²) in [7, 11) is 0. The highest BCUT2D eigenvalue weighted by Crippen LogP contribution is 2.29. The van der Waals surface area contributed by atoms with Crippen LogP contribution in [-0.4, -0.2) is 23.9 Å². The zero-order chi connectivity index (χ0) is 18.4. The second-order valence-electron chi connectivity index (χ2n) is 6.79. The van der Waals surface area contributed by atoms with Gasteiger partial charge in [0.2, 0.25) is 0 Å². The molecule has 1 aliphatic heterocycles. The van der Waals surface area contributed by atoms with Crippen LogP contribution in [0, 0.1) is 17.8 Å². The molecule has 1 fully saturated rings. The van der Waals surface area contributed by atoms with E-state index in [4.69, 9.17) is 0 Å². The van der Waals surface area contributed by atoms with Crippen molar-refractivity contribution in [3.8, 4) is 11.8 Å². The Morgan fingerprint density at radius 2 is 1.73 bits per heavy atom. The van der Waals surface area contributed by atoms with E-state index < -0.39 is 0 Å². The maximum atomic E-state index is 12.7. The summed E-state index contributed by atoms with van der Waals surface area (Å²) in [5.74, 6) is 7.32. The molecule has 0 unspecified atom stereocenters. The number of hydrogen-bond acceptors (Lipinski definition) is 1. The number of nitrogens with zero attached hydrogens (tertiary/aromatic N) is 1. The van der Waals surface area contributed by atoms with Gasteiger partial charge < -0.3 is 4.90 Å². The van der Waals surface area contributed by atoms with Gasteiger partial charge in [0.1, 0.15) is 0 Å². The van der Waals surface area contributed by atoms with Crippen LogP contribution in [0.1, 0.15) is 60.2 Å². The van der Waals surface area contributed by atoms with Crippen molar-refractivity contribution >= 4 is 5.91 Å². The minimum Gasteiger partial charge on any atom is -0.338 e. The van der Waals surface area contributed by atoms with Crippen molar-refractivity contribution in [2.24, 2.45) is 5.92 Å². The molecule has 1 amide bonds. The van der Waals surface area contributed by atoms with Gasteiger partial charge in [-0.3, -0.25) is 4.79 Å². The molecule has 0 atom stereocenters. The zero-order valence-electron chi connectivity index (χ0n) is 15.8. The van der Waals surface area contributed by atoms with E-state index in [9.17, 15) is 4.79 Å². The second-order valence-corrected chi connectivity index (χ2v) is 6.79. The van der Waals surface area contributed by atoms with Crippen LogP contribution in [0.5, 0.6) is 0 Å². The fraction of sp³-hybridized carbons (Fsp3) is 0.375. The molecular formula is C24H27NO. The van der Waals surface area contributed by atoms with Crippen LogP contribution in [0.3, 0.4) is 0 Å². The minimum absolute atomic E-state index is 0.200. The van der Waals surface area contributed by atoms with Crippen LogP contribution in [0.4, 0.5) is 0 Å². The molecule has 134 valence electrons. The van der Waals surface area contributed by atoms with E-state index in [-0.39, 0.29) is 5.91 Å². The molecule has 2 nitrogen and oxygen atoms in total. The Hall–Kier alpha value is -2.53. The van der Waals surface area contributed by atoms with Gasteiger partial charge in [-0.25, -0.2) is 0 Å². The molecule has 2 heteroatoms. The summed E-state index contributed by atoms with van der Waals surface area (Å²) in [5.41, 5.74) is 4.01. The highest BCUT2D eigenvalue weighted by atomic mass is 16.2. The van der Waals surface area contributed by atoms with Crippen LogP contribution in [-0.2, 0) is 6.42 Å². The summed E-state index contributed by atoms with van der Waals surface area (Å²) in [5, 5.41) is 0. The predicted octanol–water partition coefficient (Wildman–Crippen LogP) is 4.91. The summed E-state index contributed by atoms with van der Waals surface area (Å²) in [4.78, 5) is 14.7. The number of amides is 1. The number of hydrogen-bond donors (Lipinski definition) is 0. The Bertz CT molecular complexity index is 809. The SMILES string of the molecule is CC.O=C1c2ccc(C#Cc3ccccc3)cc2CCN1CC1CCC1. The molecule has 2 aromatic rings. The van der Waals surface area contributed by atoms with Crippen molar-refractivity contribution < 1.29 is 4.79 Å². The van der Waals surface area contributed by atoms with Gasteiger partial charge in [0.15, 0.2) is 0 Å². The minimum atomic E-state index is 0.200. The van der Waals surface area contributed by atoms with Crippen molar-refractivity contribution in [1.82, 2.24) is 4.90 Å². The first-order valence-electron chi connectivity index (χ1n) is 9.79. The fourth-order valence-electron chi connectivity index (χ4n) is 3.44. The van der Waals surface area contributed by atoms with Gasteiger partial charge in [0.05, 0.1) is 0 Å². The number of benzene rings is 2. The Kier molecular flexibility index (Phi) is 6.12. The number of rotatable bonds is 2. The monoisotopic (exact) mass is 345 g/mol. The second kappa shape index (κ2) is 8.72. The average molecular weight is 345 g/mol. The van der Waals surface area contributed by atoms with Crippen molar-refractivity contribution in [1.29, 1.82) is 0 Å². The third kappa shape index (κ3) is 4.17. The third-order valence-corrected chi connectivity index (χ3v) is 5.10. The van der Waals surface area contributed by atoms with Crippen molar-refractivity contribution in [2.45, 2.75) is 39.5 Å². The van der Waals surface area contributed by atoms with Gasteiger partial charge in [-0.1, -0.05) is 50.3 Å². The Balaban J connectivity index is 0.000000948. The maximum Gasteiger partial charge on any atom is 0.254 e. The summed E-state index contributed by atoms with van der Waals surface area (Å²) < 4.78 is 0. The lowest BCUT2D eigenvalue weighted by Crippen LogP contribution is -2.41. The van der Waals surface area contributed by atoms with Crippen molar-refractivity contribution in [2.75, 3.05) is 13.1 Å². The lowest BCUT2D eigenvalue weighted by atomic mass is 9.84. The summed E-state index contributed by atoms with van der Waals surface area (Å²) >= 11 is 0. The van der Waals surface area contributed by atoms with Gasteiger partial charge in [-0.2, -0.15) is 0 Å². The van der Waals surface area contributed by atoms with E-state index in [0.29, 0.717) is 0 Å². The quantitative estimate of drug-likeness (QED) is 0.708. The molecule has 0 N–H and O–H groups in total. The molecule has 0 aromatic heterocycles. The standard InChI is InChI=1S/C22H21NO.C2H6/c24-22-21-12-11-18(10-9-17-5-2-1-3-6-17)15-20(21)13-14-23(22)16-19-7-4-8-19;1-2/h1-3,5-6,11-12,15,19H,4,7-8,13-14,16H2;1-2H3. The average Bonchev–Trinajstić information content (AvgIpc) is 2.67. The Morgan fingerprint density at radius 3 is 2.42 bits per heavy atom. The molecule has 2 aliphatic rings. The van der Waals surface area contributed by atoms with E-state index in [1.54, 1.807) is 0 Å². The predicted molar refractivity (Wildman–Crippen MR) is 107 cm³/mol. The van der Waals surface area contributed by atoms with Gasteiger partial charge in [-0.05, 0) is 61.1 Å². The summed E-state index contributed by atoms with van der Waals surface area (Å²) in [6.45, 7) is 5.78. The van der Waals surface area contributed by atoms with E-state index in [1.165, 1.54) is 19.3 Å². The Labute approximate surface area is 157 Å². The van der Waals surface area contributed by atoms with E-state index >= 15 is 0 Å². The largest absolute Gasteiger partial charge is 0.338 e. The lowest BCUT2D eigenvalue weighted by Gasteiger charge is -2.35. The van der Waals surface area contributed by atoms with Crippen molar-refractivity contribution in [3.63, 3.8) is 0 Å². The molecule has 2 aromatic carbocycles. The van der Waals surface area contributed by atoms with Gasteiger partial charge in [0.25, 0.3) is 5.91 Å². The molecule has 4 rings (SSSR count). The number of fused-ring (bicyclic) bond motifs is 1. The molecular weight excluding hydrogens is 318 g/mol. The first-order valence-corrected chi connectivity index (χ1v) is 9.79. The van der Waals surface area contributed by atoms with Gasteiger partial charge in [-0.15, -0.1) is 0 Å². The molecule has 1 aliphatic carbocycles. The van der Waals surface area contributed by atoms with Gasteiger partial charge in [0, 0.05) is 29.8 Å². The van der Waals surface area contributed by atoms with E-state index in [0.717, 1.165) is 47.7 Å². The van der Waals surface area contributed by atoms with Gasteiger partial charge >= 0.3 is 0 Å². The smallest absolute Gasteiger partial charge is 0.254 e. The normalized spacial score (nSPS) is 15.8. The highest BCUT2D eigenvalue weighted by Gasteiger charge is 2.28. The maximum absolute atomic E-state index is 12.7. The summed E-state index contributed by atoms with van der Waals surface area (Å²) in [6, 6.07) is 16.0. The highest BCUT2D eigenvalue weighted by molar-refractivity contribution is 5.97. The van der Waals surface area contributed by atoms with E-state index in [2.05, 4.69) is 17.9 Å². The van der Waals surface area contributed by atoms with Crippen molar-refractivity contribution in [3.05, 3.63) is 70.8 Å². The topological polar surface area (TPSA) is 20.3 Å². The molecule has 0 spiro atoms. The molecule has 26 heavy (non-hydrogen) atoms. The van der Waals surface area contributed by atoms with E-state index in [1.807, 2.05) is 61.2 Å². The molecule has 0 saturated heterocycles. The van der Waals surface area contributed by atoms with Crippen LogP contribution in [0.25, 0.3) is 0 Å². The first-order chi connectivity index (χ1) is 12.8. The number of carbonyl (C=O) groups is 1. The zero-order valence-corrected chi connectivity index (χ0v) is 15.8. The van der Waals surface area contributed by atoms with Crippen LogP contribution >= 0.6 is 0 Å². The number of carbonyl (C=O) groups excluding carboxylic acids is 1. The molecule has 1 heterocycles. The molecule has 1 saturated carbocycles.